The fourth-order valence-electron chi connectivity index (χ4n) is 4.28. The molecule has 0 spiro atoms. The molecule has 0 bridgehead atoms. The average Bonchev–Trinajstić information content (AvgIpc) is 3.03. The number of hydrogen-bond donors (Lipinski definition) is 3. The van der Waals surface area contributed by atoms with Gasteiger partial charge in [-0.3, -0.25) is 9.59 Å². The van der Waals surface area contributed by atoms with E-state index in [1.165, 1.54) is 0 Å². The van der Waals surface area contributed by atoms with Crippen LogP contribution >= 0.6 is 0 Å². The molecule has 120 valence electrons. The Bertz CT molecular complexity index is 783. The summed E-state index contributed by atoms with van der Waals surface area (Å²) in [5, 5.41) is 18.7. The van der Waals surface area contributed by atoms with Crippen LogP contribution in [0.3, 0.4) is 0 Å². The number of aliphatic carboxylic acids is 2. The number of fused-ring (bicyclic) bond motifs is 2. The summed E-state index contributed by atoms with van der Waals surface area (Å²) >= 11 is 0. The lowest BCUT2D eigenvalue weighted by Gasteiger charge is -2.24. The Labute approximate surface area is 131 Å². The van der Waals surface area contributed by atoms with Gasteiger partial charge >= 0.3 is 11.9 Å². The van der Waals surface area contributed by atoms with Gasteiger partial charge in [0, 0.05) is 12.3 Å². The zero-order chi connectivity index (χ0) is 16.4. The van der Waals surface area contributed by atoms with Gasteiger partial charge in [-0.15, -0.1) is 0 Å². The number of carboxylic acids is 2. The predicted molar refractivity (Wildman–Crippen MR) is 78.5 cm³/mol. The number of nitrogens with two attached hydrogens (primary N) is 1. The van der Waals surface area contributed by atoms with Gasteiger partial charge in [-0.2, -0.15) is 0 Å². The minimum Gasteiger partial charge on any atom is -0.481 e. The second-order valence-corrected chi connectivity index (χ2v) is 6.56. The number of rotatable bonds is 4. The van der Waals surface area contributed by atoms with Crippen LogP contribution in [0.15, 0.2) is 28.7 Å². The van der Waals surface area contributed by atoms with Gasteiger partial charge in [0.05, 0.1) is 5.92 Å². The lowest BCUT2D eigenvalue weighted by atomic mass is 9.86. The first-order valence-corrected chi connectivity index (χ1v) is 7.51. The maximum Gasteiger partial charge on any atom is 0.324 e. The molecule has 0 radical (unpaired) electrons. The van der Waals surface area contributed by atoms with Crippen molar-refractivity contribution in [3.05, 3.63) is 30.2 Å². The first-order chi connectivity index (χ1) is 10.9. The summed E-state index contributed by atoms with van der Waals surface area (Å²) in [5.74, 6) is -3.15. The van der Waals surface area contributed by atoms with Gasteiger partial charge in [-0.05, 0) is 30.4 Å². The van der Waals surface area contributed by atoms with Gasteiger partial charge in [0.1, 0.15) is 11.1 Å². The normalized spacial score (nSPS) is 35.2. The summed E-state index contributed by atoms with van der Waals surface area (Å²) in [7, 11) is 0. The summed E-state index contributed by atoms with van der Waals surface area (Å²) < 4.78 is 5.67. The molecule has 7 heteroatoms. The molecule has 0 amide bonds. The maximum atomic E-state index is 11.5. The Balaban J connectivity index is 1.62. The molecule has 2 aliphatic rings. The SMILES string of the molecule is N[C@@]1(C(=O)O)C[C@H](Cc2nc3ccccc3o2)C2C1[C@H]2C(=O)O. The van der Waals surface area contributed by atoms with Gasteiger partial charge in [-0.1, -0.05) is 12.1 Å². The van der Waals surface area contributed by atoms with E-state index >= 15 is 0 Å². The molecule has 0 aliphatic heterocycles. The van der Waals surface area contributed by atoms with Crippen LogP contribution in [0.2, 0.25) is 0 Å². The van der Waals surface area contributed by atoms with Crippen LogP contribution in [0.1, 0.15) is 12.3 Å². The summed E-state index contributed by atoms with van der Waals surface area (Å²) in [6.07, 6.45) is 0.659. The average molecular weight is 316 g/mol. The standard InChI is InChI=1S/C16H16N2O5/c17-16(15(21)22)6-7(11-12(13(11)16)14(19)20)5-10-18-8-3-1-2-4-9(8)23-10/h1-4,7,11-13H,5-6,17H2,(H,19,20)(H,21,22)/t7-,11?,12-,13?,16-/m0/s1. The fourth-order valence-corrected chi connectivity index (χ4v) is 4.28. The highest BCUT2D eigenvalue weighted by molar-refractivity contribution is 5.85. The molecule has 2 saturated carbocycles. The Morgan fingerprint density at radius 2 is 2.09 bits per heavy atom. The van der Waals surface area contributed by atoms with Crippen molar-refractivity contribution in [1.82, 2.24) is 4.98 Å². The molecule has 23 heavy (non-hydrogen) atoms. The molecular weight excluding hydrogens is 300 g/mol. The van der Waals surface area contributed by atoms with E-state index in [0.29, 0.717) is 17.9 Å². The number of hydrogen-bond acceptors (Lipinski definition) is 5. The van der Waals surface area contributed by atoms with Gasteiger partial charge in [-0.25, -0.2) is 4.98 Å². The third-order valence-corrected chi connectivity index (χ3v) is 5.27. The zero-order valence-electron chi connectivity index (χ0n) is 12.2. The summed E-state index contributed by atoms with van der Waals surface area (Å²) in [5.41, 5.74) is 5.96. The molecule has 2 aliphatic carbocycles. The van der Waals surface area contributed by atoms with E-state index in [9.17, 15) is 19.8 Å². The molecular formula is C16H16N2O5. The molecule has 2 fully saturated rings. The van der Waals surface area contributed by atoms with E-state index in [-0.39, 0.29) is 18.3 Å². The second-order valence-electron chi connectivity index (χ2n) is 6.56. The van der Waals surface area contributed by atoms with E-state index in [1.54, 1.807) is 0 Å². The Morgan fingerprint density at radius 3 is 2.74 bits per heavy atom. The lowest BCUT2D eigenvalue weighted by Crippen LogP contribution is -2.50. The quantitative estimate of drug-likeness (QED) is 0.771. The highest BCUT2D eigenvalue weighted by atomic mass is 16.4. The number of para-hydroxylation sites is 2. The monoisotopic (exact) mass is 316 g/mol. The van der Waals surface area contributed by atoms with Gasteiger partial charge < -0.3 is 20.4 Å². The molecule has 7 nitrogen and oxygen atoms in total. The topological polar surface area (TPSA) is 127 Å². The fraction of sp³-hybridized carbons (Fsp3) is 0.438. The van der Waals surface area contributed by atoms with Gasteiger partial charge in [0.2, 0.25) is 0 Å². The van der Waals surface area contributed by atoms with Crippen molar-refractivity contribution in [2.45, 2.75) is 18.4 Å². The molecule has 4 N–H and O–H groups in total. The minimum absolute atomic E-state index is 0.143. The second kappa shape index (κ2) is 4.55. The van der Waals surface area contributed by atoms with Crippen molar-refractivity contribution in [3.63, 3.8) is 0 Å². The van der Waals surface area contributed by atoms with E-state index in [4.69, 9.17) is 10.2 Å². The number of carbonyl (C=O) groups is 2. The highest BCUT2D eigenvalue weighted by Crippen LogP contribution is 2.64. The molecule has 4 rings (SSSR count). The van der Waals surface area contributed by atoms with Crippen molar-refractivity contribution in [3.8, 4) is 0 Å². The molecule has 0 saturated heterocycles. The van der Waals surface area contributed by atoms with Crippen molar-refractivity contribution >= 4 is 23.0 Å². The van der Waals surface area contributed by atoms with Crippen molar-refractivity contribution in [2.75, 3.05) is 0 Å². The molecule has 5 atom stereocenters. The summed E-state index contributed by atoms with van der Waals surface area (Å²) in [6, 6.07) is 7.35. The zero-order valence-corrected chi connectivity index (χ0v) is 12.2. The van der Waals surface area contributed by atoms with Crippen LogP contribution < -0.4 is 5.73 Å². The Hall–Kier alpha value is -2.41. The molecule has 1 aromatic carbocycles. The van der Waals surface area contributed by atoms with Crippen LogP contribution in [-0.2, 0) is 16.0 Å². The molecule has 2 aromatic rings. The van der Waals surface area contributed by atoms with E-state index in [0.717, 1.165) is 5.52 Å². The summed E-state index contributed by atoms with van der Waals surface area (Å²) in [4.78, 5) is 27.2. The van der Waals surface area contributed by atoms with Gasteiger partial charge in [0.25, 0.3) is 0 Å². The van der Waals surface area contributed by atoms with Crippen molar-refractivity contribution < 1.29 is 24.2 Å². The summed E-state index contributed by atoms with van der Waals surface area (Å²) in [6.45, 7) is 0. The predicted octanol–water partition coefficient (Wildman–Crippen LogP) is 1.12. The van der Waals surface area contributed by atoms with Crippen LogP contribution in [-0.4, -0.2) is 32.7 Å². The van der Waals surface area contributed by atoms with Crippen molar-refractivity contribution in [1.29, 1.82) is 0 Å². The first-order valence-electron chi connectivity index (χ1n) is 7.51. The van der Waals surface area contributed by atoms with Crippen LogP contribution in [0.5, 0.6) is 0 Å². The van der Waals surface area contributed by atoms with E-state index in [1.807, 2.05) is 24.3 Å². The van der Waals surface area contributed by atoms with Crippen LogP contribution in [0.4, 0.5) is 0 Å². The number of aromatic nitrogens is 1. The van der Waals surface area contributed by atoms with E-state index in [2.05, 4.69) is 4.98 Å². The van der Waals surface area contributed by atoms with Crippen LogP contribution in [0, 0.1) is 23.7 Å². The third kappa shape index (κ3) is 1.96. The number of benzene rings is 1. The number of nitrogens with zero attached hydrogens (tertiary/aromatic N) is 1. The molecule has 1 aromatic heterocycles. The first kappa shape index (κ1) is 14.2. The molecule has 2 unspecified atom stereocenters. The largest absolute Gasteiger partial charge is 0.481 e. The highest BCUT2D eigenvalue weighted by Gasteiger charge is 2.73. The van der Waals surface area contributed by atoms with E-state index < -0.39 is 29.3 Å². The van der Waals surface area contributed by atoms with Crippen molar-refractivity contribution in [2.24, 2.45) is 29.4 Å². The lowest BCUT2D eigenvalue weighted by molar-refractivity contribution is -0.145. The van der Waals surface area contributed by atoms with Gasteiger partial charge in [0.15, 0.2) is 11.5 Å². The Morgan fingerprint density at radius 1 is 1.35 bits per heavy atom. The third-order valence-electron chi connectivity index (χ3n) is 5.27. The number of carboxylic acid groups (broad SMARTS) is 2. The van der Waals surface area contributed by atoms with Crippen LogP contribution in [0.25, 0.3) is 11.1 Å². The minimum atomic E-state index is -1.47. The molecule has 1 heterocycles. The smallest absolute Gasteiger partial charge is 0.324 e. The number of oxazole rings is 1. The Kier molecular flexibility index (Phi) is 2.81. The maximum absolute atomic E-state index is 11.5.